The van der Waals surface area contributed by atoms with E-state index in [1.54, 1.807) is 6.33 Å². The average Bonchev–Trinajstić information content (AvgIpc) is 3.52. The summed E-state index contributed by atoms with van der Waals surface area (Å²) in [5, 5.41) is 1.39. The minimum Gasteiger partial charge on any atom is -0.474 e. The Morgan fingerprint density at radius 2 is 1.68 bits per heavy atom. The van der Waals surface area contributed by atoms with Crippen molar-refractivity contribution in [3.63, 3.8) is 0 Å². The number of nitrogens with zero attached hydrogens (tertiary/aromatic N) is 4. The van der Waals surface area contributed by atoms with Crippen molar-refractivity contribution < 1.29 is 9.16 Å². The molecule has 8 heteroatoms. The first kappa shape index (κ1) is 29.2. The van der Waals surface area contributed by atoms with Gasteiger partial charge in [-0.25, -0.2) is 9.97 Å². The molecule has 1 saturated carbocycles. The van der Waals surface area contributed by atoms with Gasteiger partial charge in [0.15, 0.2) is 8.32 Å². The van der Waals surface area contributed by atoms with E-state index in [9.17, 15) is 0 Å². The van der Waals surface area contributed by atoms with Gasteiger partial charge in [0.25, 0.3) is 0 Å². The number of rotatable bonds is 8. The number of aromatic nitrogens is 2. The van der Waals surface area contributed by atoms with Gasteiger partial charge in [-0.3, -0.25) is 9.80 Å². The largest absolute Gasteiger partial charge is 0.474 e. The Hall–Kier alpha value is -1.84. The van der Waals surface area contributed by atoms with Gasteiger partial charge >= 0.3 is 0 Å². The molecule has 0 spiro atoms. The zero-order valence-corrected chi connectivity index (χ0v) is 27.5. The van der Waals surface area contributed by atoms with Crippen LogP contribution in [-0.2, 0) is 17.4 Å². The first-order chi connectivity index (χ1) is 19.7. The van der Waals surface area contributed by atoms with Crippen LogP contribution in [0.5, 0.6) is 5.88 Å². The Balaban J connectivity index is 1.05. The molecule has 3 aromatic rings. The van der Waals surface area contributed by atoms with Gasteiger partial charge in [0.1, 0.15) is 17.3 Å². The van der Waals surface area contributed by atoms with Crippen LogP contribution in [0.4, 0.5) is 0 Å². The van der Waals surface area contributed by atoms with E-state index in [1.165, 1.54) is 47.3 Å². The number of piperazine rings is 1. The van der Waals surface area contributed by atoms with Crippen LogP contribution >= 0.6 is 11.3 Å². The molecule has 2 fully saturated rings. The van der Waals surface area contributed by atoms with Crippen molar-refractivity contribution in [2.75, 3.05) is 32.8 Å². The smallest absolute Gasteiger partial charge is 0.225 e. The maximum Gasteiger partial charge on any atom is 0.225 e. The van der Waals surface area contributed by atoms with Crippen molar-refractivity contribution in [3.05, 3.63) is 52.7 Å². The van der Waals surface area contributed by atoms with Crippen LogP contribution in [0.2, 0.25) is 18.1 Å². The lowest BCUT2D eigenvalue weighted by Crippen LogP contribution is -2.51. The molecule has 0 radical (unpaired) electrons. The van der Waals surface area contributed by atoms with Gasteiger partial charge in [-0.05, 0) is 67.8 Å². The van der Waals surface area contributed by atoms with Gasteiger partial charge in [-0.2, -0.15) is 0 Å². The molecule has 3 aliphatic rings. The number of ether oxygens (including phenoxy) is 1. The third-order valence-corrected chi connectivity index (χ3v) is 15.9. The molecule has 0 N–H and O–H groups in total. The van der Waals surface area contributed by atoms with E-state index in [4.69, 9.17) is 14.1 Å². The molecular weight excluding hydrogens is 545 g/mol. The van der Waals surface area contributed by atoms with Gasteiger partial charge in [-0.1, -0.05) is 51.1 Å². The number of hydrogen-bond acceptors (Lipinski definition) is 7. The maximum atomic E-state index is 6.72. The summed E-state index contributed by atoms with van der Waals surface area (Å²) in [6.45, 7) is 18.2. The van der Waals surface area contributed by atoms with Crippen molar-refractivity contribution in [2.24, 2.45) is 0 Å². The summed E-state index contributed by atoms with van der Waals surface area (Å²) in [6.07, 6.45) is 8.84. The molecule has 1 atom stereocenters. The molecule has 1 aromatic carbocycles. The van der Waals surface area contributed by atoms with Crippen LogP contribution in [0.3, 0.4) is 0 Å². The van der Waals surface area contributed by atoms with Crippen LogP contribution < -0.4 is 4.74 Å². The summed E-state index contributed by atoms with van der Waals surface area (Å²) in [7, 11) is -1.80. The van der Waals surface area contributed by atoms with Crippen molar-refractivity contribution in [2.45, 2.75) is 102 Å². The van der Waals surface area contributed by atoms with Crippen LogP contribution in [0.25, 0.3) is 10.2 Å². The highest BCUT2D eigenvalue weighted by Gasteiger charge is 2.39. The highest BCUT2D eigenvalue weighted by molar-refractivity contribution is 7.19. The Kier molecular flexibility index (Phi) is 8.58. The van der Waals surface area contributed by atoms with Crippen molar-refractivity contribution in [3.8, 4) is 5.88 Å². The summed E-state index contributed by atoms with van der Waals surface area (Å²) in [6, 6.07) is 11.6. The highest BCUT2D eigenvalue weighted by Crippen LogP contribution is 2.47. The third kappa shape index (κ3) is 6.42. The first-order valence-electron chi connectivity index (χ1n) is 15.7. The van der Waals surface area contributed by atoms with Crippen LogP contribution in [0, 0.1) is 0 Å². The Morgan fingerprint density at radius 3 is 2.39 bits per heavy atom. The van der Waals surface area contributed by atoms with Gasteiger partial charge in [0, 0.05) is 56.2 Å². The van der Waals surface area contributed by atoms with Crippen molar-refractivity contribution in [1.29, 1.82) is 0 Å². The van der Waals surface area contributed by atoms with Gasteiger partial charge in [0.05, 0.1) is 5.39 Å². The lowest BCUT2D eigenvalue weighted by Gasteiger charge is -2.42. The zero-order chi connectivity index (χ0) is 28.6. The Bertz CT molecular complexity index is 1310. The zero-order valence-electron chi connectivity index (χ0n) is 25.7. The second kappa shape index (κ2) is 12.0. The molecule has 0 amide bonds. The first-order valence-corrected chi connectivity index (χ1v) is 19.5. The summed E-state index contributed by atoms with van der Waals surface area (Å²) in [5.74, 6) is 1.22. The summed E-state index contributed by atoms with van der Waals surface area (Å²) >= 11 is 1.84. The van der Waals surface area contributed by atoms with Crippen LogP contribution in [0.15, 0.2) is 36.7 Å². The van der Waals surface area contributed by atoms with Gasteiger partial charge in [-0.15, -0.1) is 11.3 Å². The fourth-order valence-corrected chi connectivity index (χ4v) is 8.92. The van der Waals surface area contributed by atoms with Gasteiger partial charge in [0.2, 0.25) is 5.88 Å². The fraction of sp³-hybridized carbons (Fsp3) is 0.636. The quantitative estimate of drug-likeness (QED) is 0.257. The average molecular weight is 593 g/mol. The fourth-order valence-electron chi connectivity index (χ4n) is 6.64. The predicted octanol–water partition coefficient (Wildman–Crippen LogP) is 7.25. The van der Waals surface area contributed by atoms with E-state index >= 15 is 0 Å². The molecule has 1 saturated heterocycles. The molecule has 3 heterocycles. The lowest BCUT2D eigenvalue weighted by atomic mass is 9.91. The normalized spacial score (nSPS) is 24.6. The summed E-state index contributed by atoms with van der Waals surface area (Å²) in [5.41, 5.74) is 2.84. The number of fused-ring (bicyclic) bond motifs is 3. The van der Waals surface area contributed by atoms with Gasteiger partial charge < -0.3 is 9.16 Å². The number of hydrogen-bond donors (Lipinski definition) is 0. The maximum absolute atomic E-state index is 6.72. The molecule has 2 aromatic heterocycles. The van der Waals surface area contributed by atoms with Crippen molar-refractivity contribution >= 4 is 29.9 Å². The molecule has 1 aliphatic heterocycles. The second-order valence-electron chi connectivity index (χ2n) is 14.0. The standard InChI is InChI=1S/C33H48N4O2SSi/c1-33(2,3)41(4,5)38-22-25-11-16-28-29(25)30-31(34-23-35-32(30)40-28)39-27-14-12-26(13-15-27)37-19-17-36(18-20-37)21-24-9-7-6-8-10-24/h6-10,23,25-27H,11-22H2,1-5H3/t25-,26?,27?/m1/s1. The number of benzene rings is 1. The minimum absolute atomic E-state index is 0.219. The van der Waals surface area contributed by atoms with Crippen LogP contribution in [0.1, 0.15) is 74.8 Å². The Morgan fingerprint density at radius 1 is 0.951 bits per heavy atom. The molecule has 0 bridgehead atoms. The van der Waals surface area contributed by atoms with E-state index in [-0.39, 0.29) is 11.1 Å². The lowest BCUT2D eigenvalue weighted by molar-refractivity contribution is 0.0487. The SMILES string of the molecule is CC(C)(C)[Si](C)(C)OC[C@H]1CCc2sc3ncnc(OC4CCC(N5CCN(Cc6ccccc6)CC5)CC4)c3c21. The highest BCUT2D eigenvalue weighted by atomic mass is 32.1. The molecule has 222 valence electrons. The van der Waals surface area contributed by atoms with E-state index in [0.717, 1.165) is 62.6 Å². The van der Waals surface area contributed by atoms with E-state index < -0.39 is 8.32 Å². The molecule has 41 heavy (non-hydrogen) atoms. The molecule has 6 nitrogen and oxygen atoms in total. The predicted molar refractivity (Wildman–Crippen MR) is 172 cm³/mol. The topological polar surface area (TPSA) is 50.7 Å². The van der Waals surface area contributed by atoms with E-state index in [0.29, 0.717) is 12.0 Å². The third-order valence-electron chi connectivity index (χ3n) is 10.2. The van der Waals surface area contributed by atoms with E-state index in [1.807, 2.05) is 11.3 Å². The summed E-state index contributed by atoms with van der Waals surface area (Å²) in [4.78, 5) is 17.3. The molecule has 6 rings (SSSR count). The van der Waals surface area contributed by atoms with Crippen LogP contribution in [-0.4, -0.2) is 73.0 Å². The van der Waals surface area contributed by atoms with Crippen molar-refractivity contribution in [1.82, 2.24) is 19.8 Å². The minimum atomic E-state index is -1.80. The number of thiophene rings is 1. The monoisotopic (exact) mass is 592 g/mol. The van der Waals surface area contributed by atoms with E-state index in [2.05, 4.69) is 79.0 Å². The molecule has 0 unspecified atom stereocenters. The second-order valence-corrected chi connectivity index (χ2v) is 19.8. The molecule has 2 aliphatic carbocycles. The molecular formula is C33H48N4O2SSi. The Labute approximate surface area is 251 Å². The number of aryl methyl sites for hydroxylation is 1. The summed E-state index contributed by atoms with van der Waals surface area (Å²) < 4.78 is 13.4.